The minimum absolute atomic E-state index is 0.107. The number of hydrogen-bond acceptors (Lipinski definition) is 4. The Labute approximate surface area is 102 Å². The molecular formula is C11H16N2O3S. The van der Waals surface area contributed by atoms with Gasteiger partial charge >= 0.3 is 0 Å². The minimum atomic E-state index is -3.55. The molecule has 0 N–H and O–H groups in total. The SMILES string of the molecule is CC(C)c1cccnc1C(=O)N(C)S(C)(=O)=O. The van der Waals surface area contributed by atoms with E-state index in [-0.39, 0.29) is 11.6 Å². The van der Waals surface area contributed by atoms with Crippen molar-refractivity contribution in [2.75, 3.05) is 13.3 Å². The maximum atomic E-state index is 12.0. The molecule has 6 heteroatoms. The lowest BCUT2D eigenvalue weighted by Crippen LogP contribution is -2.33. The van der Waals surface area contributed by atoms with E-state index in [9.17, 15) is 13.2 Å². The molecule has 0 aliphatic heterocycles. The zero-order chi connectivity index (χ0) is 13.2. The second-order valence-corrected chi connectivity index (χ2v) is 6.15. The molecule has 0 saturated heterocycles. The lowest BCUT2D eigenvalue weighted by molar-refractivity contribution is 0.0877. The third-order valence-electron chi connectivity index (χ3n) is 2.45. The van der Waals surface area contributed by atoms with E-state index in [4.69, 9.17) is 0 Å². The van der Waals surface area contributed by atoms with Crippen molar-refractivity contribution in [1.29, 1.82) is 0 Å². The van der Waals surface area contributed by atoms with Crippen molar-refractivity contribution in [2.45, 2.75) is 19.8 Å². The predicted molar refractivity (Wildman–Crippen MR) is 65.3 cm³/mol. The lowest BCUT2D eigenvalue weighted by Gasteiger charge is -2.17. The monoisotopic (exact) mass is 256 g/mol. The van der Waals surface area contributed by atoms with Crippen molar-refractivity contribution in [3.05, 3.63) is 29.6 Å². The van der Waals surface area contributed by atoms with E-state index in [1.54, 1.807) is 12.1 Å². The highest BCUT2D eigenvalue weighted by Gasteiger charge is 2.24. The van der Waals surface area contributed by atoms with Crippen LogP contribution in [0.2, 0.25) is 0 Å². The molecule has 0 aliphatic carbocycles. The fourth-order valence-electron chi connectivity index (χ4n) is 1.36. The molecule has 1 heterocycles. The Morgan fingerprint density at radius 1 is 1.41 bits per heavy atom. The van der Waals surface area contributed by atoms with Crippen molar-refractivity contribution in [1.82, 2.24) is 9.29 Å². The third kappa shape index (κ3) is 3.03. The molecule has 1 aromatic heterocycles. The van der Waals surface area contributed by atoms with E-state index in [1.165, 1.54) is 13.2 Å². The molecule has 0 spiro atoms. The van der Waals surface area contributed by atoms with Crippen molar-refractivity contribution in [3.63, 3.8) is 0 Å². The van der Waals surface area contributed by atoms with Crippen LogP contribution in [0.25, 0.3) is 0 Å². The minimum Gasteiger partial charge on any atom is -0.266 e. The molecule has 0 aliphatic rings. The zero-order valence-electron chi connectivity index (χ0n) is 10.3. The molecule has 1 amide bonds. The summed E-state index contributed by atoms with van der Waals surface area (Å²) >= 11 is 0. The fourth-order valence-corrected chi connectivity index (χ4v) is 1.75. The topological polar surface area (TPSA) is 67.3 Å². The molecule has 0 unspecified atom stereocenters. The number of nitrogens with zero attached hydrogens (tertiary/aromatic N) is 2. The Balaban J connectivity index is 3.22. The molecular weight excluding hydrogens is 240 g/mol. The first-order valence-electron chi connectivity index (χ1n) is 5.18. The van der Waals surface area contributed by atoms with Crippen LogP contribution >= 0.6 is 0 Å². The Morgan fingerprint density at radius 3 is 2.47 bits per heavy atom. The first-order valence-corrected chi connectivity index (χ1v) is 7.03. The van der Waals surface area contributed by atoms with Gasteiger partial charge in [0, 0.05) is 13.2 Å². The number of amides is 1. The Hall–Kier alpha value is -1.43. The summed E-state index contributed by atoms with van der Waals surface area (Å²) in [6.07, 6.45) is 2.47. The normalized spacial score (nSPS) is 11.6. The van der Waals surface area contributed by atoms with E-state index in [1.807, 2.05) is 13.8 Å². The Morgan fingerprint density at radius 2 is 2.00 bits per heavy atom. The molecule has 94 valence electrons. The highest BCUT2D eigenvalue weighted by molar-refractivity contribution is 7.88. The van der Waals surface area contributed by atoms with Crippen molar-refractivity contribution in [3.8, 4) is 0 Å². The third-order valence-corrected chi connectivity index (χ3v) is 3.61. The average molecular weight is 256 g/mol. The predicted octanol–water partition coefficient (Wildman–Crippen LogP) is 1.24. The van der Waals surface area contributed by atoms with Gasteiger partial charge in [-0.3, -0.25) is 9.78 Å². The molecule has 0 fully saturated rings. The molecule has 0 radical (unpaired) electrons. The number of sulfonamides is 1. The molecule has 0 saturated carbocycles. The van der Waals surface area contributed by atoms with E-state index in [0.29, 0.717) is 4.31 Å². The van der Waals surface area contributed by atoms with Gasteiger partial charge in [0.1, 0.15) is 5.69 Å². The van der Waals surface area contributed by atoms with E-state index < -0.39 is 15.9 Å². The standard InChI is InChI=1S/C11H16N2O3S/c1-8(2)9-6-5-7-12-10(9)11(14)13(3)17(4,15)16/h5-8H,1-4H3. The van der Waals surface area contributed by atoms with E-state index >= 15 is 0 Å². The maximum absolute atomic E-state index is 12.0. The van der Waals surface area contributed by atoms with Gasteiger partial charge in [0.25, 0.3) is 5.91 Å². The largest absolute Gasteiger partial charge is 0.285 e. The van der Waals surface area contributed by atoms with Gasteiger partial charge in [0.15, 0.2) is 0 Å². The summed E-state index contributed by atoms with van der Waals surface area (Å²) in [5, 5.41) is 0. The van der Waals surface area contributed by atoms with Gasteiger partial charge in [-0.05, 0) is 17.5 Å². The summed E-state index contributed by atoms with van der Waals surface area (Å²) < 4.78 is 23.3. The van der Waals surface area contributed by atoms with E-state index in [2.05, 4.69) is 4.98 Å². The summed E-state index contributed by atoms with van der Waals surface area (Å²) in [7, 11) is -2.32. The van der Waals surface area contributed by atoms with Gasteiger partial charge in [-0.2, -0.15) is 0 Å². The fraction of sp³-hybridized carbons (Fsp3) is 0.455. The average Bonchev–Trinajstić information content (AvgIpc) is 2.25. The van der Waals surface area contributed by atoms with Crippen molar-refractivity contribution >= 4 is 15.9 Å². The van der Waals surface area contributed by atoms with E-state index in [0.717, 1.165) is 11.8 Å². The van der Waals surface area contributed by atoms with Gasteiger partial charge in [-0.1, -0.05) is 19.9 Å². The molecule has 1 rings (SSSR count). The molecule has 0 atom stereocenters. The lowest BCUT2D eigenvalue weighted by atomic mass is 10.0. The number of carbonyl (C=O) groups is 1. The van der Waals surface area contributed by atoms with Gasteiger partial charge < -0.3 is 0 Å². The van der Waals surface area contributed by atoms with Gasteiger partial charge in [-0.25, -0.2) is 12.7 Å². The van der Waals surface area contributed by atoms with Crippen LogP contribution in [0.4, 0.5) is 0 Å². The summed E-state index contributed by atoms with van der Waals surface area (Å²) in [5.41, 5.74) is 0.934. The number of hydrogen-bond donors (Lipinski definition) is 0. The van der Waals surface area contributed by atoms with Gasteiger partial charge in [-0.15, -0.1) is 0 Å². The Kier molecular flexibility index (Phi) is 3.87. The first-order chi connectivity index (χ1) is 7.75. The van der Waals surface area contributed by atoms with Gasteiger partial charge in [0.2, 0.25) is 10.0 Å². The van der Waals surface area contributed by atoms with Crippen LogP contribution in [-0.2, 0) is 10.0 Å². The number of rotatable bonds is 3. The zero-order valence-corrected chi connectivity index (χ0v) is 11.2. The van der Waals surface area contributed by atoms with Crippen molar-refractivity contribution < 1.29 is 13.2 Å². The highest BCUT2D eigenvalue weighted by Crippen LogP contribution is 2.18. The highest BCUT2D eigenvalue weighted by atomic mass is 32.2. The maximum Gasteiger partial charge on any atom is 0.285 e. The quantitative estimate of drug-likeness (QED) is 0.816. The molecule has 5 nitrogen and oxygen atoms in total. The van der Waals surface area contributed by atoms with Crippen LogP contribution < -0.4 is 0 Å². The van der Waals surface area contributed by atoms with Crippen LogP contribution in [-0.4, -0.2) is 36.9 Å². The van der Waals surface area contributed by atoms with Crippen LogP contribution in [0.15, 0.2) is 18.3 Å². The smallest absolute Gasteiger partial charge is 0.266 e. The Bertz CT molecular complexity index is 523. The summed E-state index contributed by atoms with van der Waals surface area (Å²) in [6, 6.07) is 3.51. The summed E-state index contributed by atoms with van der Waals surface area (Å²) in [6.45, 7) is 3.85. The summed E-state index contributed by atoms with van der Waals surface area (Å²) in [4.78, 5) is 16.0. The molecule has 1 aromatic rings. The number of carbonyl (C=O) groups excluding carboxylic acids is 1. The molecule has 17 heavy (non-hydrogen) atoms. The number of pyridine rings is 1. The van der Waals surface area contributed by atoms with Gasteiger partial charge in [0.05, 0.1) is 6.26 Å². The first kappa shape index (κ1) is 13.6. The second-order valence-electron chi connectivity index (χ2n) is 4.13. The van der Waals surface area contributed by atoms with Crippen LogP contribution in [0.5, 0.6) is 0 Å². The van der Waals surface area contributed by atoms with Crippen LogP contribution in [0.3, 0.4) is 0 Å². The second kappa shape index (κ2) is 4.83. The van der Waals surface area contributed by atoms with Crippen molar-refractivity contribution in [2.24, 2.45) is 0 Å². The molecule has 0 aromatic carbocycles. The number of aromatic nitrogens is 1. The van der Waals surface area contributed by atoms with Crippen LogP contribution in [0, 0.1) is 0 Å². The van der Waals surface area contributed by atoms with Crippen LogP contribution in [0.1, 0.15) is 35.8 Å². The summed E-state index contributed by atoms with van der Waals surface area (Å²) in [5.74, 6) is -0.493. The molecule has 0 bridgehead atoms.